The Morgan fingerprint density at radius 3 is 2.47 bits per heavy atom. The minimum atomic E-state index is 0.741. The van der Waals surface area contributed by atoms with E-state index in [1.807, 2.05) is 0 Å². The number of hydrogen-bond donors (Lipinski definition) is 0. The van der Waals surface area contributed by atoms with Gasteiger partial charge in [0.15, 0.2) is 0 Å². The molecule has 0 heteroatoms. The lowest BCUT2D eigenvalue weighted by Gasteiger charge is -2.60. The molecule has 4 aliphatic rings. The van der Waals surface area contributed by atoms with Crippen molar-refractivity contribution in [3.8, 4) is 0 Å². The zero-order valence-electron chi connectivity index (χ0n) is 13.1. The molecular formula is C19H32. The molecule has 0 heterocycles. The van der Waals surface area contributed by atoms with Crippen LogP contribution in [0.15, 0.2) is 0 Å². The van der Waals surface area contributed by atoms with Crippen LogP contribution in [-0.2, 0) is 0 Å². The summed E-state index contributed by atoms with van der Waals surface area (Å²) >= 11 is 0. The highest BCUT2D eigenvalue weighted by atomic mass is 14.6. The second-order valence-electron chi connectivity index (χ2n) is 8.99. The second-order valence-corrected chi connectivity index (χ2v) is 8.99. The van der Waals surface area contributed by atoms with Crippen molar-refractivity contribution in [2.45, 2.75) is 84.5 Å². The summed E-state index contributed by atoms with van der Waals surface area (Å²) in [5.41, 5.74) is 1.49. The van der Waals surface area contributed by atoms with Gasteiger partial charge in [0.2, 0.25) is 0 Å². The molecule has 0 aliphatic heterocycles. The Balaban J connectivity index is 1.64. The second kappa shape index (κ2) is 4.25. The standard InChI is InChI=1S/C19H32/c1-18-11-5-7-16(18)15-9-8-14-6-3-4-12-19(14,2)17(15)10-13-18/h14-17H,3-13H2,1-2H3/t14-,15?,16+,17+,18+,19+/m1/s1. The Kier molecular flexibility index (Phi) is 2.84. The Labute approximate surface area is 119 Å². The molecule has 4 fully saturated rings. The molecule has 0 nitrogen and oxygen atoms in total. The molecule has 4 rings (SSSR count). The zero-order valence-corrected chi connectivity index (χ0v) is 13.1. The predicted octanol–water partition coefficient (Wildman–Crippen LogP) is 5.81. The summed E-state index contributed by atoms with van der Waals surface area (Å²) < 4.78 is 0. The van der Waals surface area contributed by atoms with Crippen LogP contribution in [0.3, 0.4) is 0 Å². The maximum atomic E-state index is 2.70. The van der Waals surface area contributed by atoms with E-state index in [1.54, 1.807) is 51.4 Å². The van der Waals surface area contributed by atoms with E-state index < -0.39 is 0 Å². The number of fused-ring (bicyclic) bond motifs is 5. The fourth-order valence-corrected chi connectivity index (χ4v) is 7.29. The van der Waals surface area contributed by atoms with Gasteiger partial charge in [-0.15, -0.1) is 0 Å². The van der Waals surface area contributed by atoms with Crippen LogP contribution < -0.4 is 0 Å². The van der Waals surface area contributed by atoms with E-state index in [0.717, 1.165) is 34.5 Å². The van der Waals surface area contributed by atoms with Gasteiger partial charge in [0.25, 0.3) is 0 Å². The summed E-state index contributed by atoms with van der Waals surface area (Å²) in [5.74, 6) is 4.41. The van der Waals surface area contributed by atoms with Crippen LogP contribution in [0.5, 0.6) is 0 Å². The third-order valence-electron chi connectivity index (χ3n) is 8.36. The molecule has 6 atom stereocenters. The lowest BCUT2D eigenvalue weighted by Crippen LogP contribution is -2.51. The normalized spacial score (nSPS) is 57.2. The van der Waals surface area contributed by atoms with Gasteiger partial charge in [-0.1, -0.05) is 33.1 Å². The van der Waals surface area contributed by atoms with Gasteiger partial charge < -0.3 is 0 Å². The van der Waals surface area contributed by atoms with E-state index >= 15 is 0 Å². The Bertz CT molecular complexity index is 359. The lowest BCUT2D eigenvalue weighted by atomic mass is 9.45. The molecule has 108 valence electrons. The highest BCUT2D eigenvalue weighted by molar-refractivity contribution is 5.06. The van der Waals surface area contributed by atoms with Crippen LogP contribution in [0.2, 0.25) is 0 Å². The van der Waals surface area contributed by atoms with Gasteiger partial charge in [-0.3, -0.25) is 0 Å². The van der Waals surface area contributed by atoms with Crippen molar-refractivity contribution in [2.75, 3.05) is 0 Å². The predicted molar refractivity (Wildman–Crippen MR) is 81.0 cm³/mol. The average Bonchev–Trinajstić information content (AvgIpc) is 2.79. The van der Waals surface area contributed by atoms with Crippen LogP contribution >= 0.6 is 0 Å². The fourth-order valence-electron chi connectivity index (χ4n) is 7.29. The molecule has 4 saturated carbocycles. The Morgan fingerprint density at radius 2 is 1.58 bits per heavy atom. The Morgan fingerprint density at radius 1 is 0.684 bits per heavy atom. The van der Waals surface area contributed by atoms with Gasteiger partial charge in [-0.05, 0) is 85.9 Å². The maximum Gasteiger partial charge on any atom is -0.0266 e. The summed E-state index contributed by atoms with van der Waals surface area (Å²) in [6.07, 6.45) is 17.1. The van der Waals surface area contributed by atoms with Gasteiger partial charge >= 0.3 is 0 Å². The van der Waals surface area contributed by atoms with Gasteiger partial charge in [-0.25, -0.2) is 0 Å². The number of hydrogen-bond acceptors (Lipinski definition) is 0. The van der Waals surface area contributed by atoms with Gasteiger partial charge in [0.05, 0.1) is 0 Å². The van der Waals surface area contributed by atoms with E-state index in [1.165, 1.54) is 19.3 Å². The summed E-state index contributed by atoms with van der Waals surface area (Å²) in [4.78, 5) is 0. The van der Waals surface area contributed by atoms with E-state index in [2.05, 4.69) is 13.8 Å². The minimum absolute atomic E-state index is 0.741. The van der Waals surface area contributed by atoms with Crippen LogP contribution in [0.1, 0.15) is 84.5 Å². The minimum Gasteiger partial charge on any atom is -0.0594 e. The topological polar surface area (TPSA) is 0 Å². The molecule has 4 aliphatic carbocycles. The molecule has 0 amide bonds. The maximum absolute atomic E-state index is 2.70. The van der Waals surface area contributed by atoms with Crippen LogP contribution in [-0.4, -0.2) is 0 Å². The average molecular weight is 260 g/mol. The molecular weight excluding hydrogens is 228 g/mol. The molecule has 0 bridgehead atoms. The molecule has 1 unspecified atom stereocenters. The smallest absolute Gasteiger partial charge is 0.0266 e. The molecule has 0 saturated heterocycles. The van der Waals surface area contributed by atoms with Crippen LogP contribution in [0.4, 0.5) is 0 Å². The van der Waals surface area contributed by atoms with Crippen molar-refractivity contribution >= 4 is 0 Å². The van der Waals surface area contributed by atoms with Gasteiger partial charge in [0.1, 0.15) is 0 Å². The monoisotopic (exact) mass is 260 g/mol. The first kappa shape index (κ1) is 12.7. The quantitative estimate of drug-likeness (QED) is 0.515. The summed E-state index contributed by atoms with van der Waals surface area (Å²) in [6, 6.07) is 0. The van der Waals surface area contributed by atoms with E-state index in [0.29, 0.717) is 0 Å². The van der Waals surface area contributed by atoms with Crippen molar-refractivity contribution in [2.24, 2.45) is 34.5 Å². The van der Waals surface area contributed by atoms with Crippen molar-refractivity contribution in [3.63, 3.8) is 0 Å². The largest absolute Gasteiger partial charge is 0.0594 e. The zero-order chi connectivity index (χ0) is 13.1. The molecule has 0 radical (unpaired) electrons. The SMILES string of the molecule is C[C@@]12CCC[C@H]1C1CC[C@H]3CCCC[C@]3(C)[C@H]1CC2. The first-order chi connectivity index (χ1) is 9.13. The van der Waals surface area contributed by atoms with E-state index in [-0.39, 0.29) is 0 Å². The number of rotatable bonds is 0. The van der Waals surface area contributed by atoms with Crippen molar-refractivity contribution in [1.82, 2.24) is 0 Å². The highest BCUT2D eigenvalue weighted by Crippen LogP contribution is 2.66. The summed E-state index contributed by atoms with van der Waals surface area (Å²) in [7, 11) is 0. The van der Waals surface area contributed by atoms with Crippen LogP contribution in [0, 0.1) is 34.5 Å². The fraction of sp³-hybridized carbons (Fsp3) is 1.00. The third-order valence-corrected chi connectivity index (χ3v) is 8.36. The van der Waals surface area contributed by atoms with E-state index in [4.69, 9.17) is 0 Å². The van der Waals surface area contributed by atoms with Crippen LogP contribution in [0.25, 0.3) is 0 Å². The van der Waals surface area contributed by atoms with Gasteiger partial charge in [0, 0.05) is 0 Å². The highest BCUT2D eigenvalue weighted by Gasteiger charge is 2.56. The van der Waals surface area contributed by atoms with Crippen molar-refractivity contribution in [1.29, 1.82) is 0 Å². The molecule has 0 spiro atoms. The molecule has 0 aromatic rings. The molecule has 0 N–H and O–H groups in total. The molecule has 19 heavy (non-hydrogen) atoms. The first-order valence-corrected chi connectivity index (χ1v) is 9.13. The first-order valence-electron chi connectivity index (χ1n) is 9.13. The molecule has 0 aromatic heterocycles. The Hall–Kier alpha value is 0. The summed E-state index contributed by atoms with van der Waals surface area (Å²) in [5, 5.41) is 0. The van der Waals surface area contributed by atoms with Gasteiger partial charge in [-0.2, -0.15) is 0 Å². The molecule has 0 aromatic carbocycles. The van der Waals surface area contributed by atoms with Crippen molar-refractivity contribution < 1.29 is 0 Å². The van der Waals surface area contributed by atoms with E-state index in [9.17, 15) is 0 Å². The lowest BCUT2D eigenvalue weighted by molar-refractivity contribution is -0.103. The third kappa shape index (κ3) is 1.70. The van der Waals surface area contributed by atoms with Crippen molar-refractivity contribution in [3.05, 3.63) is 0 Å². The summed E-state index contributed by atoms with van der Waals surface area (Å²) in [6.45, 7) is 5.33.